The standard InChI is InChI=1S/C34H26BrN3O/c1-21-26-17-23(35)15-16-31(26)38(20-22-9-3-2-4-10-22)34(39)32(21)33(27-18-36-29-13-7-5-11-24(27)29)28-19-37-30-14-8-6-12-25(28)30/h2-19,33,36-37H,20H2,1H3. The lowest BCUT2D eigenvalue weighted by Crippen LogP contribution is -2.28. The van der Waals surface area contributed by atoms with Gasteiger partial charge in [-0.1, -0.05) is 82.7 Å². The van der Waals surface area contributed by atoms with Crippen LogP contribution in [-0.4, -0.2) is 14.5 Å². The van der Waals surface area contributed by atoms with Crippen molar-refractivity contribution < 1.29 is 0 Å². The number of benzene rings is 4. The number of fused-ring (bicyclic) bond motifs is 3. The first-order chi connectivity index (χ1) is 19.1. The second kappa shape index (κ2) is 9.44. The third-order valence-corrected chi connectivity index (χ3v) is 8.36. The van der Waals surface area contributed by atoms with E-state index in [4.69, 9.17) is 0 Å². The van der Waals surface area contributed by atoms with Crippen molar-refractivity contribution in [3.63, 3.8) is 0 Å². The minimum atomic E-state index is -0.268. The first kappa shape index (κ1) is 23.7. The zero-order chi connectivity index (χ0) is 26.5. The molecule has 7 aromatic rings. The molecule has 0 unspecified atom stereocenters. The van der Waals surface area contributed by atoms with Gasteiger partial charge >= 0.3 is 0 Å². The fourth-order valence-electron chi connectivity index (χ4n) is 6.01. The lowest BCUT2D eigenvalue weighted by Gasteiger charge is -2.23. The average Bonchev–Trinajstić information content (AvgIpc) is 3.59. The van der Waals surface area contributed by atoms with E-state index in [9.17, 15) is 4.79 Å². The van der Waals surface area contributed by atoms with Crippen LogP contribution in [0.2, 0.25) is 0 Å². The molecule has 0 aliphatic rings. The summed E-state index contributed by atoms with van der Waals surface area (Å²) < 4.78 is 2.93. The maximum atomic E-state index is 14.7. The molecular weight excluding hydrogens is 546 g/mol. The number of hydrogen-bond donors (Lipinski definition) is 2. The summed E-state index contributed by atoms with van der Waals surface area (Å²) in [6, 6.07) is 33.0. The molecule has 0 aliphatic carbocycles. The topological polar surface area (TPSA) is 53.6 Å². The summed E-state index contributed by atoms with van der Waals surface area (Å²) in [5.74, 6) is -0.268. The number of hydrogen-bond acceptors (Lipinski definition) is 1. The van der Waals surface area contributed by atoms with Crippen molar-refractivity contribution in [1.82, 2.24) is 14.5 Å². The van der Waals surface area contributed by atoms with E-state index in [1.165, 1.54) is 0 Å². The van der Waals surface area contributed by atoms with Crippen molar-refractivity contribution in [1.29, 1.82) is 0 Å². The van der Waals surface area contributed by atoms with Gasteiger partial charge in [-0.3, -0.25) is 4.79 Å². The fraction of sp³-hybridized carbons (Fsp3) is 0.0882. The number of pyridine rings is 1. The molecule has 0 saturated heterocycles. The van der Waals surface area contributed by atoms with Crippen LogP contribution in [0.3, 0.4) is 0 Å². The zero-order valence-corrected chi connectivity index (χ0v) is 23.0. The molecule has 0 fully saturated rings. The largest absolute Gasteiger partial charge is 0.361 e. The predicted molar refractivity (Wildman–Crippen MR) is 164 cm³/mol. The molecule has 2 N–H and O–H groups in total. The van der Waals surface area contributed by atoms with Gasteiger partial charge < -0.3 is 14.5 Å². The van der Waals surface area contributed by atoms with Crippen molar-refractivity contribution in [3.8, 4) is 0 Å². The van der Waals surface area contributed by atoms with Gasteiger partial charge in [0.2, 0.25) is 0 Å². The second-order valence-corrected chi connectivity index (χ2v) is 11.0. The molecule has 4 nitrogen and oxygen atoms in total. The van der Waals surface area contributed by atoms with Gasteiger partial charge in [0.1, 0.15) is 0 Å². The van der Waals surface area contributed by atoms with E-state index in [1.807, 2.05) is 47.0 Å². The summed E-state index contributed by atoms with van der Waals surface area (Å²) >= 11 is 3.68. The molecule has 0 amide bonds. The van der Waals surface area contributed by atoms with Crippen LogP contribution in [0, 0.1) is 6.92 Å². The van der Waals surface area contributed by atoms with E-state index < -0.39 is 0 Å². The van der Waals surface area contributed by atoms with E-state index in [0.29, 0.717) is 6.54 Å². The highest BCUT2D eigenvalue weighted by Gasteiger charge is 2.29. The number of aromatic amines is 2. The monoisotopic (exact) mass is 571 g/mol. The molecule has 3 heterocycles. The Morgan fingerprint density at radius 3 is 1.97 bits per heavy atom. The Kier molecular flexibility index (Phi) is 5.75. The number of H-pyrrole nitrogens is 2. The second-order valence-electron chi connectivity index (χ2n) is 10.1. The van der Waals surface area contributed by atoms with E-state index >= 15 is 0 Å². The number of aromatic nitrogens is 3. The Hall–Kier alpha value is -4.35. The minimum Gasteiger partial charge on any atom is -0.361 e. The predicted octanol–water partition coefficient (Wildman–Crippen LogP) is 8.26. The lowest BCUT2D eigenvalue weighted by molar-refractivity contribution is 0.769. The molecule has 39 heavy (non-hydrogen) atoms. The van der Waals surface area contributed by atoms with E-state index in [1.54, 1.807) is 0 Å². The summed E-state index contributed by atoms with van der Waals surface area (Å²) in [6.45, 7) is 2.59. The van der Waals surface area contributed by atoms with E-state index in [2.05, 4.69) is 99.8 Å². The molecule has 0 saturated carbocycles. The van der Waals surface area contributed by atoms with Crippen LogP contribution >= 0.6 is 15.9 Å². The fourth-order valence-corrected chi connectivity index (χ4v) is 6.37. The van der Waals surface area contributed by atoms with Crippen molar-refractivity contribution in [2.24, 2.45) is 0 Å². The van der Waals surface area contributed by atoms with Crippen LogP contribution in [0.25, 0.3) is 32.7 Å². The van der Waals surface area contributed by atoms with Gasteiger partial charge in [0.15, 0.2) is 0 Å². The third-order valence-electron chi connectivity index (χ3n) is 7.87. The Labute approximate surface area is 234 Å². The highest BCUT2D eigenvalue weighted by molar-refractivity contribution is 9.10. The number of halogens is 1. The number of nitrogens with zero attached hydrogens (tertiary/aromatic N) is 1. The average molecular weight is 573 g/mol. The number of para-hydroxylation sites is 2. The molecule has 0 aliphatic heterocycles. The Balaban J connectivity index is 1.59. The third kappa shape index (κ3) is 3.93. The Bertz CT molecular complexity index is 1970. The van der Waals surface area contributed by atoms with Crippen LogP contribution in [0.4, 0.5) is 0 Å². The summed E-state index contributed by atoms with van der Waals surface area (Å²) in [4.78, 5) is 21.7. The summed E-state index contributed by atoms with van der Waals surface area (Å²) in [6.07, 6.45) is 4.14. The normalized spacial score (nSPS) is 11.8. The van der Waals surface area contributed by atoms with Crippen LogP contribution in [0.5, 0.6) is 0 Å². The number of nitrogens with one attached hydrogen (secondary N) is 2. The van der Waals surface area contributed by atoms with Gasteiger partial charge in [-0.15, -0.1) is 0 Å². The van der Waals surface area contributed by atoms with Gasteiger partial charge in [0.25, 0.3) is 5.56 Å². The molecule has 0 spiro atoms. The van der Waals surface area contributed by atoms with Crippen LogP contribution < -0.4 is 5.56 Å². The van der Waals surface area contributed by atoms with E-state index in [0.717, 1.165) is 65.0 Å². The molecule has 4 aromatic carbocycles. The highest BCUT2D eigenvalue weighted by atomic mass is 79.9. The quantitative estimate of drug-likeness (QED) is 0.214. The summed E-state index contributed by atoms with van der Waals surface area (Å²) in [5.41, 5.74) is 8.16. The summed E-state index contributed by atoms with van der Waals surface area (Å²) in [7, 11) is 0. The minimum absolute atomic E-state index is 0.0340. The van der Waals surface area contributed by atoms with Crippen molar-refractivity contribution in [3.05, 3.63) is 152 Å². The smallest absolute Gasteiger partial charge is 0.255 e. The van der Waals surface area contributed by atoms with Gasteiger partial charge in [-0.25, -0.2) is 0 Å². The zero-order valence-electron chi connectivity index (χ0n) is 21.4. The molecule has 3 aromatic heterocycles. The molecule has 5 heteroatoms. The molecule has 0 radical (unpaired) electrons. The van der Waals surface area contributed by atoms with Gasteiger partial charge in [-0.05, 0) is 59.5 Å². The molecule has 190 valence electrons. The Morgan fingerprint density at radius 1 is 0.744 bits per heavy atom. The maximum absolute atomic E-state index is 14.7. The molecule has 7 rings (SSSR count). The van der Waals surface area contributed by atoms with Crippen LogP contribution in [-0.2, 0) is 6.54 Å². The number of rotatable bonds is 5. The van der Waals surface area contributed by atoms with Crippen molar-refractivity contribution in [2.45, 2.75) is 19.4 Å². The van der Waals surface area contributed by atoms with Gasteiger partial charge in [-0.2, -0.15) is 0 Å². The molecule has 0 bridgehead atoms. The van der Waals surface area contributed by atoms with Crippen LogP contribution in [0.15, 0.2) is 119 Å². The molecular formula is C34H26BrN3O. The first-order valence-corrected chi connectivity index (χ1v) is 13.9. The Morgan fingerprint density at radius 2 is 1.33 bits per heavy atom. The first-order valence-electron chi connectivity index (χ1n) is 13.1. The molecule has 0 atom stereocenters. The lowest BCUT2D eigenvalue weighted by atomic mass is 9.82. The highest BCUT2D eigenvalue weighted by Crippen LogP contribution is 2.40. The van der Waals surface area contributed by atoms with Crippen molar-refractivity contribution in [2.75, 3.05) is 0 Å². The number of aryl methyl sites for hydroxylation is 1. The van der Waals surface area contributed by atoms with E-state index in [-0.39, 0.29) is 11.5 Å². The van der Waals surface area contributed by atoms with Crippen LogP contribution in [0.1, 0.15) is 33.7 Å². The van der Waals surface area contributed by atoms with Crippen molar-refractivity contribution >= 4 is 48.6 Å². The SMILES string of the molecule is Cc1c(C(c2c[nH]c3ccccc23)c2c[nH]c3ccccc23)c(=O)n(Cc2ccccc2)c2ccc(Br)cc12. The van der Waals surface area contributed by atoms with Gasteiger partial charge in [0.05, 0.1) is 12.1 Å². The van der Waals surface area contributed by atoms with Gasteiger partial charge in [0, 0.05) is 55.5 Å². The summed E-state index contributed by atoms with van der Waals surface area (Å²) in [5, 5.41) is 3.31. The maximum Gasteiger partial charge on any atom is 0.255 e.